The van der Waals surface area contributed by atoms with Gasteiger partial charge in [-0.05, 0) is 24.3 Å². The molecule has 0 atom stereocenters. The first-order valence-corrected chi connectivity index (χ1v) is 8.75. The third-order valence-corrected chi connectivity index (χ3v) is 3.64. The van der Waals surface area contributed by atoms with Gasteiger partial charge >= 0.3 is 0 Å². The van der Waals surface area contributed by atoms with Crippen molar-refractivity contribution in [3.05, 3.63) is 60.2 Å². The Bertz CT molecular complexity index is 722. The summed E-state index contributed by atoms with van der Waals surface area (Å²) >= 11 is 0. The first kappa shape index (κ1) is 20.3. The van der Waals surface area contributed by atoms with Gasteiger partial charge in [-0.1, -0.05) is 30.3 Å². The Morgan fingerprint density at radius 1 is 0.889 bits per heavy atom. The third kappa shape index (κ3) is 7.37. The summed E-state index contributed by atoms with van der Waals surface area (Å²) in [5, 5.41) is 8.53. The molecule has 0 bridgehead atoms. The Labute approximate surface area is 159 Å². The number of hydrogen-bond acceptors (Lipinski definition) is 5. The van der Waals surface area contributed by atoms with E-state index in [1.807, 2.05) is 30.3 Å². The molecule has 0 aliphatic carbocycles. The van der Waals surface area contributed by atoms with E-state index in [1.165, 1.54) is 0 Å². The highest BCUT2D eigenvalue weighted by Crippen LogP contribution is 2.14. The highest BCUT2D eigenvalue weighted by molar-refractivity contribution is 6.00. The van der Waals surface area contributed by atoms with Crippen LogP contribution >= 0.6 is 0 Å². The fourth-order valence-corrected chi connectivity index (χ4v) is 2.31. The van der Waals surface area contributed by atoms with Gasteiger partial charge in [-0.15, -0.1) is 0 Å². The van der Waals surface area contributed by atoms with Crippen molar-refractivity contribution in [3.8, 4) is 5.75 Å². The molecule has 2 aromatic carbocycles. The SMILES string of the molecule is COCCNC(=O)c1ccccc1NCC(=O)NCCOc1ccccc1. The number of nitrogens with one attached hydrogen (secondary N) is 3. The lowest BCUT2D eigenvalue weighted by atomic mass is 10.1. The molecule has 144 valence electrons. The number of carbonyl (C=O) groups is 2. The van der Waals surface area contributed by atoms with Crippen molar-refractivity contribution < 1.29 is 19.1 Å². The predicted octanol–water partition coefficient (Wildman–Crippen LogP) is 1.67. The molecule has 2 amide bonds. The average Bonchev–Trinajstić information content (AvgIpc) is 2.71. The minimum absolute atomic E-state index is 0.0632. The number of hydrogen-bond donors (Lipinski definition) is 3. The standard InChI is InChI=1S/C20H25N3O4/c1-26-13-11-22-20(25)17-9-5-6-10-18(17)23-15-19(24)21-12-14-27-16-7-3-2-4-8-16/h2-10,23H,11-15H2,1H3,(H,21,24)(H,22,25). The quantitative estimate of drug-likeness (QED) is 0.523. The Hall–Kier alpha value is -3.06. The zero-order valence-electron chi connectivity index (χ0n) is 15.4. The van der Waals surface area contributed by atoms with Gasteiger partial charge in [0.1, 0.15) is 12.4 Å². The van der Waals surface area contributed by atoms with Crippen molar-refractivity contribution >= 4 is 17.5 Å². The first-order valence-electron chi connectivity index (χ1n) is 8.75. The van der Waals surface area contributed by atoms with Crippen LogP contribution in [0.4, 0.5) is 5.69 Å². The Kier molecular flexibility index (Phi) is 8.65. The van der Waals surface area contributed by atoms with Crippen LogP contribution in [-0.2, 0) is 9.53 Å². The number of rotatable bonds is 11. The molecule has 0 saturated carbocycles. The van der Waals surface area contributed by atoms with E-state index >= 15 is 0 Å². The fraction of sp³-hybridized carbons (Fsp3) is 0.300. The number of methoxy groups -OCH3 is 1. The zero-order chi connectivity index (χ0) is 19.3. The van der Waals surface area contributed by atoms with Crippen molar-refractivity contribution in [2.75, 3.05) is 45.3 Å². The van der Waals surface area contributed by atoms with E-state index in [-0.39, 0.29) is 18.4 Å². The minimum Gasteiger partial charge on any atom is -0.492 e. The van der Waals surface area contributed by atoms with E-state index < -0.39 is 0 Å². The highest BCUT2D eigenvalue weighted by Gasteiger charge is 2.11. The summed E-state index contributed by atoms with van der Waals surface area (Å²) in [5.41, 5.74) is 1.08. The molecule has 3 N–H and O–H groups in total. The van der Waals surface area contributed by atoms with Crippen LogP contribution in [0.15, 0.2) is 54.6 Å². The Morgan fingerprint density at radius 2 is 1.59 bits per heavy atom. The molecule has 7 nitrogen and oxygen atoms in total. The molecule has 2 rings (SSSR count). The molecule has 7 heteroatoms. The lowest BCUT2D eigenvalue weighted by Gasteiger charge is -2.12. The zero-order valence-corrected chi connectivity index (χ0v) is 15.4. The van der Waals surface area contributed by atoms with Crippen LogP contribution in [0, 0.1) is 0 Å². The molecule has 0 aromatic heterocycles. The van der Waals surface area contributed by atoms with Gasteiger partial charge in [0, 0.05) is 19.3 Å². The Balaban J connectivity index is 1.73. The molecule has 0 aliphatic rings. The Morgan fingerprint density at radius 3 is 2.37 bits per heavy atom. The molecule has 27 heavy (non-hydrogen) atoms. The number of para-hydroxylation sites is 2. The first-order chi connectivity index (χ1) is 13.2. The molecular weight excluding hydrogens is 346 g/mol. The molecular formula is C20H25N3O4. The van der Waals surface area contributed by atoms with Crippen molar-refractivity contribution in [2.45, 2.75) is 0 Å². The molecule has 2 aromatic rings. The van der Waals surface area contributed by atoms with Gasteiger partial charge in [0.15, 0.2) is 0 Å². The van der Waals surface area contributed by atoms with Crippen molar-refractivity contribution in [2.24, 2.45) is 0 Å². The topological polar surface area (TPSA) is 88.7 Å². The van der Waals surface area contributed by atoms with Gasteiger partial charge in [0.05, 0.1) is 25.3 Å². The van der Waals surface area contributed by atoms with Gasteiger partial charge in [0.2, 0.25) is 5.91 Å². The largest absolute Gasteiger partial charge is 0.492 e. The molecule has 0 unspecified atom stereocenters. The van der Waals surface area contributed by atoms with E-state index in [4.69, 9.17) is 9.47 Å². The minimum atomic E-state index is -0.216. The number of carbonyl (C=O) groups excluding carboxylic acids is 2. The summed E-state index contributed by atoms with van der Waals surface area (Å²) in [6, 6.07) is 16.5. The van der Waals surface area contributed by atoms with Gasteiger partial charge in [0.25, 0.3) is 5.91 Å². The monoisotopic (exact) mass is 371 g/mol. The summed E-state index contributed by atoms with van der Waals surface area (Å²) in [5.74, 6) is 0.367. The van der Waals surface area contributed by atoms with Crippen LogP contribution in [0.2, 0.25) is 0 Å². The lowest BCUT2D eigenvalue weighted by molar-refractivity contribution is -0.119. The second-order valence-corrected chi connectivity index (χ2v) is 5.66. The van der Waals surface area contributed by atoms with Crippen LogP contribution in [-0.4, -0.2) is 51.8 Å². The number of anilines is 1. The van der Waals surface area contributed by atoms with Gasteiger partial charge in [-0.2, -0.15) is 0 Å². The maximum atomic E-state index is 12.2. The maximum Gasteiger partial charge on any atom is 0.253 e. The molecule has 0 fully saturated rings. The van der Waals surface area contributed by atoms with Gasteiger partial charge in [-0.3, -0.25) is 9.59 Å². The summed E-state index contributed by atoms with van der Waals surface area (Å²) in [6.45, 7) is 1.71. The second-order valence-electron chi connectivity index (χ2n) is 5.66. The van der Waals surface area contributed by atoms with Crippen LogP contribution in [0.25, 0.3) is 0 Å². The average molecular weight is 371 g/mol. The van der Waals surface area contributed by atoms with E-state index in [2.05, 4.69) is 16.0 Å². The second kappa shape index (κ2) is 11.5. The summed E-state index contributed by atoms with van der Waals surface area (Å²) < 4.78 is 10.4. The number of ether oxygens (including phenoxy) is 2. The van der Waals surface area contributed by atoms with Crippen LogP contribution in [0.5, 0.6) is 5.75 Å². The van der Waals surface area contributed by atoms with Gasteiger partial charge in [-0.25, -0.2) is 0 Å². The molecule has 0 saturated heterocycles. The highest BCUT2D eigenvalue weighted by atomic mass is 16.5. The van der Waals surface area contributed by atoms with E-state index in [0.29, 0.717) is 37.6 Å². The smallest absolute Gasteiger partial charge is 0.253 e. The van der Waals surface area contributed by atoms with Crippen molar-refractivity contribution in [1.29, 1.82) is 0 Å². The maximum absolute atomic E-state index is 12.2. The molecule has 0 heterocycles. The van der Waals surface area contributed by atoms with Gasteiger partial charge < -0.3 is 25.4 Å². The third-order valence-electron chi connectivity index (χ3n) is 3.64. The van der Waals surface area contributed by atoms with Crippen LogP contribution in [0.1, 0.15) is 10.4 Å². The molecule has 0 aliphatic heterocycles. The molecule has 0 spiro atoms. The lowest BCUT2D eigenvalue weighted by Crippen LogP contribution is -2.33. The van der Waals surface area contributed by atoms with E-state index in [0.717, 1.165) is 5.75 Å². The van der Waals surface area contributed by atoms with E-state index in [1.54, 1.807) is 31.4 Å². The van der Waals surface area contributed by atoms with Crippen molar-refractivity contribution in [1.82, 2.24) is 10.6 Å². The number of benzene rings is 2. The normalized spacial score (nSPS) is 10.1. The van der Waals surface area contributed by atoms with E-state index in [9.17, 15) is 9.59 Å². The van der Waals surface area contributed by atoms with Crippen LogP contribution < -0.4 is 20.7 Å². The van der Waals surface area contributed by atoms with Crippen molar-refractivity contribution in [3.63, 3.8) is 0 Å². The molecule has 0 radical (unpaired) electrons. The summed E-state index contributed by atoms with van der Waals surface area (Å²) in [7, 11) is 1.57. The summed E-state index contributed by atoms with van der Waals surface area (Å²) in [4.78, 5) is 24.2. The predicted molar refractivity (Wildman–Crippen MR) is 104 cm³/mol. The number of amides is 2. The summed E-state index contributed by atoms with van der Waals surface area (Å²) in [6.07, 6.45) is 0. The fourth-order valence-electron chi connectivity index (χ4n) is 2.31. The van der Waals surface area contributed by atoms with Crippen LogP contribution in [0.3, 0.4) is 0 Å².